The van der Waals surface area contributed by atoms with E-state index in [9.17, 15) is 0 Å². The maximum absolute atomic E-state index is 6.19. The number of nitrogens with two attached hydrogens (primary N) is 1. The van der Waals surface area contributed by atoms with Gasteiger partial charge in [-0.05, 0) is 38.6 Å². The van der Waals surface area contributed by atoms with E-state index in [1.165, 1.54) is 0 Å². The van der Waals surface area contributed by atoms with Crippen LogP contribution in [-0.4, -0.2) is 25.8 Å². The summed E-state index contributed by atoms with van der Waals surface area (Å²) in [5, 5.41) is 3.26. The maximum Gasteiger partial charge on any atom is 0.161 e. The molecule has 18 heavy (non-hydrogen) atoms. The van der Waals surface area contributed by atoms with E-state index in [1.54, 1.807) is 0 Å². The minimum Gasteiger partial charge on any atom is -0.490 e. The second-order valence-corrected chi connectivity index (χ2v) is 5.30. The number of likely N-dealkylation sites (N-methyl/N-ethyl adjacent to an activating group) is 1. The molecule has 0 spiro atoms. The quantitative estimate of drug-likeness (QED) is 0.859. The molecule has 1 unspecified atom stereocenters. The summed E-state index contributed by atoms with van der Waals surface area (Å²) in [6.45, 7) is 5.44. The smallest absolute Gasteiger partial charge is 0.161 e. The van der Waals surface area contributed by atoms with Crippen LogP contribution in [0.4, 0.5) is 0 Å². The van der Waals surface area contributed by atoms with Gasteiger partial charge in [0.1, 0.15) is 0 Å². The third-order valence-corrected chi connectivity index (χ3v) is 3.14. The average molecular weight is 250 g/mol. The Labute approximate surface area is 108 Å². The van der Waals surface area contributed by atoms with Gasteiger partial charge in [-0.3, -0.25) is 0 Å². The van der Waals surface area contributed by atoms with E-state index in [0.29, 0.717) is 13.2 Å². The number of ether oxygens (including phenoxy) is 2. The van der Waals surface area contributed by atoms with Gasteiger partial charge in [-0.25, -0.2) is 0 Å². The zero-order chi connectivity index (χ0) is 13.2. The van der Waals surface area contributed by atoms with Gasteiger partial charge < -0.3 is 20.5 Å². The molecule has 4 nitrogen and oxygen atoms in total. The molecular weight excluding hydrogens is 228 g/mol. The van der Waals surface area contributed by atoms with Gasteiger partial charge in [0, 0.05) is 18.0 Å². The summed E-state index contributed by atoms with van der Waals surface area (Å²) in [5.74, 6) is 1.63. The number of nitrogens with one attached hydrogen (secondary N) is 1. The van der Waals surface area contributed by atoms with Crippen LogP contribution < -0.4 is 20.5 Å². The number of benzene rings is 1. The lowest BCUT2D eigenvalue weighted by Crippen LogP contribution is -2.45. The standard InChI is InChI=1S/C14H22N2O2/c1-14(2,15)13(16-3)10-5-6-11-12(9-10)18-8-4-7-17-11/h5-6,9,13,16H,4,7-8,15H2,1-3H3. The summed E-state index contributed by atoms with van der Waals surface area (Å²) in [6, 6.07) is 6.11. The second kappa shape index (κ2) is 5.16. The average Bonchev–Trinajstić information content (AvgIpc) is 2.52. The number of fused-ring (bicyclic) bond motifs is 1. The first kappa shape index (κ1) is 13.2. The number of rotatable bonds is 3. The lowest BCUT2D eigenvalue weighted by atomic mass is 9.89. The summed E-state index contributed by atoms with van der Waals surface area (Å²) in [7, 11) is 1.92. The van der Waals surface area contributed by atoms with Crippen LogP contribution in [-0.2, 0) is 0 Å². The minimum atomic E-state index is -0.339. The minimum absolute atomic E-state index is 0.0784. The highest BCUT2D eigenvalue weighted by atomic mass is 16.5. The summed E-state index contributed by atoms with van der Waals surface area (Å²) < 4.78 is 11.3. The molecule has 1 heterocycles. The third-order valence-electron chi connectivity index (χ3n) is 3.14. The van der Waals surface area contributed by atoms with Crippen LogP contribution in [0.3, 0.4) is 0 Å². The lowest BCUT2D eigenvalue weighted by Gasteiger charge is -2.31. The molecule has 0 fully saturated rings. The van der Waals surface area contributed by atoms with Crippen LogP contribution in [0, 0.1) is 0 Å². The molecule has 1 aliphatic rings. The van der Waals surface area contributed by atoms with Crippen molar-refractivity contribution in [2.45, 2.75) is 31.8 Å². The molecule has 1 aromatic rings. The van der Waals surface area contributed by atoms with Crippen molar-refractivity contribution in [3.63, 3.8) is 0 Å². The SMILES string of the molecule is CNC(c1ccc2c(c1)OCCCO2)C(C)(C)N. The van der Waals surface area contributed by atoms with Crippen molar-refractivity contribution < 1.29 is 9.47 Å². The highest BCUT2D eigenvalue weighted by Crippen LogP contribution is 2.34. The zero-order valence-electron chi connectivity index (χ0n) is 11.3. The van der Waals surface area contributed by atoms with Crippen LogP contribution in [0.5, 0.6) is 11.5 Å². The molecule has 0 aromatic heterocycles. The van der Waals surface area contributed by atoms with Gasteiger partial charge in [-0.1, -0.05) is 6.07 Å². The van der Waals surface area contributed by atoms with Crippen molar-refractivity contribution in [1.82, 2.24) is 5.32 Å². The molecule has 1 aliphatic heterocycles. The molecule has 0 saturated carbocycles. The Hall–Kier alpha value is -1.26. The van der Waals surface area contributed by atoms with Crippen molar-refractivity contribution in [2.24, 2.45) is 5.73 Å². The Morgan fingerprint density at radius 2 is 1.89 bits per heavy atom. The predicted octanol–water partition coefficient (Wildman–Crippen LogP) is 1.85. The van der Waals surface area contributed by atoms with Gasteiger partial charge in [-0.15, -0.1) is 0 Å². The molecule has 0 saturated heterocycles. The van der Waals surface area contributed by atoms with Gasteiger partial charge in [0.2, 0.25) is 0 Å². The Morgan fingerprint density at radius 1 is 1.22 bits per heavy atom. The summed E-state index contributed by atoms with van der Waals surface area (Å²) in [6.07, 6.45) is 0.919. The van der Waals surface area contributed by atoms with Crippen molar-refractivity contribution >= 4 is 0 Å². The van der Waals surface area contributed by atoms with E-state index >= 15 is 0 Å². The fourth-order valence-corrected chi connectivity index (χ4v) is 2.33. The first-order valence-electron chi connectivity index (χ1n) is 6.38. The lowest BCUT2D eigenvalue weighted by molar-refractivity contribution is 0.296. The first-order chi connectivity index (χ1) is 8.52. The van der Waals surface area contributed by atoms with Crippen molar-refractivity contribution in [2.75, 3.05) is 20.3 Å². The van der Waals surface area contributed by atoms with E-state index in [4.69, 9.17) is 15.2 Å². The van der Waals surface area contributed by atoms with Gasteiger partial charge in [0.05, 0.1) is 13.2 Å². The van der Waals surface area contributed by atoms with E-state index in [2.05, 4.69) is 5.32 Å². The van der Waals surface area contributed by atoms with Crippen molar-refractivity contribution in [1.29, 1.82) is 0 Å². The summed E-state index contributed by atoms with van der Waals surface area (Å²) >= 11 is 0. The molecule has 0 radical (unpaired) electrons. The predicted molar refractivity (Wildman–Crippen MR) is 72.1 cm³/mol. The molecule has 0 amide bonds. The van der Waals surface area contributed by atoms with Crippen LogP contribution in [0.15, 0.2) is 18.2 Å². The van der Waals surface area contributed by atoms with Gasteiger partial charge in [0.25, 0.3) is 0 Å². The molecule has 100 valence electrons. The van der Waals surface area contributed by atoms with Crippen LogP contribution >= 0.6 is 0 Å². The van der Waals surface area contributed by atoms with Gasteiger partial charge >= 0.3 is 0 Å². The number of hydrogen-bond acceptors (Lipinski definition) is 4. The molecule has 1 aromatic carbocycles. The molecule has 2 rings (SSSR count). The monoisotopic (exact) mass is 250 g/mol. The highest BCUT2D eigenvalue weighted by Gasteiger charge is 2.26. The Bertz CT molecular complexity index is 413. The molecule has 0 aliphatic carbocycles. The molecular formula is C14H22N2O2. The van der Waals surface area contributed by atoms with E-state index in [0.717, 1.165) is 23.5 Å². The largest absolute Gasteiger partial charge is 0.490 e. The highest BCUT2D eigenvalue weighted by molar-refractivity contribution is 5.44. The molecule has 3 N–H and O–H groups in total. The zero-order valence-corrected chi connectivity index (χ0v) is 11.3. The number of hydrogen-bond donors (Lipinski definition) is 2. The Kier molecular flexibility index (Phi) is 3.78. The van der Waals surface area contributed by atoms with Crippen LogP contribution in [0.25, 0.3) is 0 Å². The third kappa shape index (κ3) is 2.76. The van der Waals surface area contributed by atoms with Crippen LogP contribution in [0.2, 0.25) is 0 Å². The van der Waals surface area contributed by atoms with E-state index in [-0.39, 0.29) is 11.6 Å². The second-order valence-electron chi connectivity index (χ2n) is 5.30. The molecule has 1 atom stereocenters. The van der Waals surface area contributed by atoms with E-state index < -0.39 is 0 Å². The van der Waals surface area contributed by atoms with E-state index in [1.807, 2.05) is 39.1 Å². The first-order valence-corrected chi connectivity index (χ1v) is 6.38. The Balaban J connectivity index is 2.32. The van der Waals surface area contributed by atoms with Gasteiger partial charge in [-0.2, -0.15) is 0 Å². The maximum atomic E-state index is 6.19. The molecule has 4 heteroatoms. The fraction of sp³-hybridized carbons (Fsp3) is 0.571. The summed E-state index contributed by atoms with van der Waals surface area (Å²) in [5.41, 5.74) is 6.98. The van der Waals surface area contributed by atoms with Crippen molar-refractivity contribution in [3.05, 3.63) is 23.8 Å². The van der Waals surface area contributed by atoms with Gasteiger partial charge in [0.15, 0.2) is 11.5 Å². The topological polar surface area (TPSA) is 56.5 Å². The normalized spacial score (nSPS) is 17.1. The van der Waals surface area contributed by atoms with Crippen LogP contribution in [0.1, 0.15) is 31.9 Å². The molecule has 0 bridgehead atoms. The summed E-state index contributed by atoms with van der Waals surface area (Å²) in [4.78, 5) is 0. The van der Waals surface area contributed by atoms with Crippen molar-refractivity contribution in [3.8, 4) is 11.5 Å². The fourth-order valence-electron chi connectivity index (χ4n) is 2.33. The Morgan fingerprint density at radius 3 is 2.50 bits per heavy atom.